The average Bonchev–Trinajstić information content (AvgIpc) is 2.31. The molecule has 1 fully saturated rings. The van der Waals surface area contributed by atoms with Crippen molar-refractivity contribution in [1.82, 2.24) is 4.31 Å². The van der Waals surface area contributed by atoms with Crippen molar-refractivity contribution >= 4 is 33.2 Å². The van der Waals surface area contributed by atoms with Crippen molar-refractivity contribution in [3.05, 3.63) is 28.2 Å². The molecule has 0 unspecified atom stereocenters. The quantitative estimate of drug-likeness (QED) is 0.840. The number of benzene rings is 1. The second kappa shape index (κ2) is 5.58. The molecule has 4 nitrogen and oxygen atoms in total. The summed E-state index contributed by atoms with van der Waals surface area (Å²) in [7, 11) is -3.64. The molecule has 1 aromatic carbocycles. The Morgan fingerprint density at radius 2 is 1.79 bits per heavy atom. The van der Waals surface area contributed by atoms with Gasteiger partial charge in [-0.15, -0.1) is 0 Å². The maximum absolute atomic E-state index is 12.6. The summed E-state index contributed by atoms with van der Waals surface area (Å²) in [4.78, 5) is 0.0444. The van der Waals surface area contributed by atoms with E-state index in [0.29, 0.717) is 13.1 Å². The Hall–Kier alpha value is -0.330. The summed E-state index contributed by atoms with van der Waals surface area (Å²) in [5.41, 5.74) is 0. The van der Waals surface area contributed by atoms with E-state index in [-0.39, 0.29) is 27.1 Å². The van der Waals surface area contributed by atoms with Gasteiger partial charge in [0.25, 0.3) is 0 Å². The van der Waals surface area contributed by atoms with Crippen molar-refractivity contribution in [2.45, 2.75) is 31.0 Å². The molecular formula is C12H15Cl2NO3S. The standard InChI is InChI=1S/C12H15Cl2NO3S/c1-8-6-15(7-9(2)18-8)19(16,17)11-5-3-4-10(13)12(11)14/h3-5,8-9H,6-7H2,1-2H3/t8-,9-/m1/s1. The van der Waals surface area contributed by atoms with Crippen LogP contribution in [-0.4, -0.2) is 38.0 Å². The third-order valence-electron chi connectivity index (χ3n) is 2.92. The lowest BCUT2D eigenvalue weighted by atomic mass is 10.3. The third-order valence-corrected chi connectivity index (χ3v) is 5.73. The molecule has 0 radical (unpaired) electrons. The summed E-state index contributed by atoms with van der Waals surface area (Å²) in [5, 5.41) is 0.299. The van der Waals surface area contributed by atoms with Crippen LogP contribution < -0.4 is 0 Å². The van der Waals surface area contributed by atoms with Crippen LogP contribution in [0.15, 0.2) is 23.1 Å². The first-order valence-corrected chi connectivity index (χ1v) is 8.11. The van der Waals surface area contributed by atoms with Gasteiger partial charge in [-0.3, -0.25) is 0 Å². The molecule has 0 aliphatic carbocycles. The van der Waals surface area contributed by atoms with Crippen molar-refractivity contribution in [3.8, 4) is 0 Å². The number of hydrogen-bond donors (Lipinski definition) is 0. The van der Waals surface area contributed by atoms with E-state index in [2.05, 4.69) is 0 Å². The Kier molecular flexibility index (Phi) is 4.42. The summed E-state index contributed by atoms with van der Waals surface area (Å²) in [6.07, 6.45) is -0.284. The predicted octanol–water partition coefficient (Wildman–Crippen LogP) is 2.79. The van der Waals surface area contributed by atoms with E-state index in [1.165, 1.54) is 10.4 Å². The Morgan fingerprint density at radius 3 is 2.37 bits per heavy atom. The van der Waals surface area contributed by atoms with Gasteiger partial charge >= 0.3 is 0 Å². The Labute approximate surface area is 123 Å². The minimum absolute atomic E-state index is 0.0444. The molecule has 0 saturated carbocycles. The lowest BCUT2D eigenvalue weighted by Crippen LogP contribution is -2.48. The topological polar surface area (TPSA) is 46.6 Å². The molecule has 1 heterocycles. The molecule has 1 aromatic rings. The van der Waals surface area contributed by atoms with Crippen molar-refractivity contribution in [3.63, 3.8) is 0 Å². The summed E-state index contributed by atoms with van der Waals surface area (Å²) >= 11 is 11.9. The highest BCUT2D eigenvalue weighted by molar-refractivity contribution is 7.89. The Bertz CT molecular complexity index is 566. The number of morpholine rings is 1. The molecule has 0 spiro atoms. The van der Waals surface area contributed by atoms with E-state index in [4.69, 9.17) is 27.9 Å². The fraction of sp³-hybridized carbons (Fsp3) is 0.500. The zero-order valence-electron chi connectivity index (χ0n) is 10.6. The van der Waals surface area contributed by atoms with Gasteiger partial charge in [0.15, 0.2) is 0 Å². The van der Waals surface area contributed by atoms with Crippen molar-refractivity contribution in [2.24, 2.45) is 0 Å². The number of halogens is 2. The van der Waals surface area contributed by atoms with Gasteiger partial charge in [0.05, 0.1) is 22.3 Å². The molecule has 7 heteroatoms. The molecule has 0 amide bonds. The van der Waals surface area contributed by atoms with E-state index >= 15 is 0 Å². The molecule has 1 aliphatic heterocycles. The molecule has 0 aromatic heterocycles. The first-order valence-electron chi connectivity index (χ1n) is 5.92. The van der Waals surface area contributed by atoms with Crippen molar-refractivity contribution in [1.29, 1.82) is 0 Å². The maximum atomic E-state index is 12.6. The molecule has 1 saturated heterocycles. The Morgan fingerprint density at radius 1 is 1.21 bits per heavy atom. The Balaban J connectivity index is 2.39. The first-order chi connectivity index (χ1) is 8.82. The van der Waals surface area contributed by atoms with Gasteiger partial charge in [-0.05, 0) is 26.0 Å². The van der Waals surface area contributed by atoms with Crippen LogP contribution in [0, 0.1) is 0 Å². The molecular weight excluding hydrogens is 309 g/mol. The van der Waals surface area contributed by atoms with Crippen LogP contribution in [0.25, 0.3) is 0 Å². The predicted molar refractivity (Wildman–Crippen MR) is 75.2 cm³/mol. The lowest BCUT2D eigenvalue weighted by Gasteiger charge is -2.34. The van der Waals surface area contributed by atoms with Crippen LogP contribution in [0.4, 0.5) is 0 Å². The molecule has 0 bridgehead atoms. The van der Waals surface area contributed by atoms with Gasteiger partial charge < -0.3 is 4.74 Å². The van der Waals surface area contributed by atoms with Crippen molar-refractivity contribution in [2.75, 3.05) is 13.1 Å². The minimum Gasteiger partial charge on any atom is -0.373 e. The van der Waals surface area contributed by atoms with Gasteiger partial charge in [-0.1, -0.05) is 29.3 Å². The second-order valence-corrected chi connectivity index (χ2v) is 7.32. The highest BCUT2D eigenvalue weighted by Gasteiger charge is 2.33. The summed E-state index contributed by atoms with van der Waals surface area (Å²) < 4.78 is 32.1. The normalized spacial score (nSPS) is 25.5. The fourth-order valence-corrected chi connectivity index (χ4v) is 4.48. The van der Waals surface area contributed by atoms with Crippen molar-refractivity contribution < 1.29 is 13.2 Å². The van der Waals surface area contributed by atoms with Crippen LogP contribution >= 0.6 is 23.2 Å². The molecule has 0 N–H and O–H groups in total. The minimum atomic E-state index is -3.64. The van der Waals surface area contributed by atoms with E-state index in [1.807, 2.05) is 13.8 Å². The number of nitrogens with zero attached hydrogens (tertiary/aromatic N) is 1. The highest BCUT2D eigenvalue weighted by Crippen LogP contribution is 2.31. The van der Waals surface area contributed by atoms with E-state index in [1.54, 1.807) is 12.1 Å². The third kappa shape index (κ3) is 3.06. The van der Waals surface area contributed by atoms with E-state index in [0.717, 1.165) is 0 Å². The fourth-order valence-electron chi connectivity index (χ4n) is 2.15. The smallest absolute Gasteiger partial charge is 0.244 e. The van der Waals surface area contributed by atoms with Crippen LogP contribution in [0.1, 0.15) is 13.8 Å². The number of sulfonamides is 1. The summed E-state index contributed by atoms with van der Waals surface area (Å²) in [5.74, 6) is 0. The summed E-state index contributed by atoms with van der Waals surface area (Å²) in [6, 6.07) is 4.61. The monoisotopic (exact) mass is 323 g/mol. The maximum Gasteiger partial charge on any atom is 0.244 e. The van der Waals surface area contributed by atoms with Crippen LogP contribution in [0.3, 0.4) is 0 Å². The molecule has 19 heavy (non-hydrogen) atoms. The SMILES string of the molecule is C[C@@H]1CN(S(=O)(=O)c2cccc(Cl)c2Cl)C[C@@H](C)O1. The zero-order valence-corrected chi connectivity index (χ0v) is 13.0. The van der Waals surface area contributed by atoms with Gasteiger partial charge in [0.2, 0.25) is 10.0 Å². The molecule has 2 rings (SSSR count). The summed E-state index contributed by atoms with van der Waals surface area (Å²) in [6.45, 7) is 4.32. The lowest BCUT2D eigenvalue weighted by molar-refractivity contribution is -0.0440. The van der Waals surface area contributed by atoms with Gasteiger partial charge in [-0.2, -0.15) is 4.31 Å². The average molecular weight is 324 g/mol. The number of rotatable bonds is 2. The zero-order chi connectivity index (χ0) is 14.2. The van der Waals surface area contributed by atoms with Crippen LogP contribution in [0.2, 0.25) is 10.0 Å². The van der Waals surface area contributed by atoms with Gasteiger partial charge in [0.1, 0.15) is 4.90 Å². The van der Waals surface area contributed by atoms with Gasteiger partial charge in [-0.25, -0.2) is 8.42 Å². The highest BCUT2D eigenvalue weighted by atomic mass is 35.5. The van der Waals surface area contributed by atoms with Crippen LogP contribution in [-0.2, 0) is 14.8 Å². The molecule has 106 valence electrons. The molecule has 2 atom stereocenters. The van der Waals surface area contributed by atoms with Gasteiger partial charge in [0, 0.05) is 13.1 Å². The van der Waals surface area contributed by atoms with E-state index < -0.39 is 10.0 Å². The number of hydrogen-bond acceptors (Lipinski definition) is 3. The number of ether oxygens (including phenoxy) is 1. The second-order valence-electron chi connectivity index (χ2n) is 4.63. The largest absolute Gasteiger partial charge is 0.373 e. The first kappa shape index (κ1) is 15.1. The van der Waals surface area contributed by atoms with Crippen LogP contribution in [0.5, 0.6) is 0 Å². The molecule has 1 aliphatic rings. The van der Waals surface area contributed by atoms with E-state index in [9.17, 15) is 8.42 Å².